The Morgan fingerprint density at radius 1 is 0.867 bits per heavy atom. The van der Waals surface area contributed by atoms with Crippen LogP contribution in [0.5, 0.6) is 0 Å². The maximum Gasteiger partial charge on any atom is 0.243 e. The van der Waals surface area contributed by atoms with Crippen LogP contribution in [0.4, 0.5) is 0 Å². The van der Waals surface area contributed by atoms with Crippen molar-refractivity contribution in [2.45, 2.75) is 25.3 Å². The van der Waals surface area contributed by atoms with Crippen molar-refractivity contribution in [3.8, 4) is 0 Å². The Labute approximate surface area is 174 Å². The number of amides is 5. The molecule has 0 aliphatic heterocycles. The summed E-state index contributed by atoms with van der Waals surface area (Å²) in [4.78, 5) is 58.3. The second kappa shape index (κ2) is 13.7. The first kappa shape index (κ1) is 24.6. The van der Waals surface area contributed by atoms with Gasteiger partial charge in [0.25, 0.3) is 0 Å². The van der Waals surface area contributed by atoms with E-state index in [2.05, 4.69) is 21.3 Å². The molecule has 0 aromatic heterocycles. The number of hydrogen-bond acceptors (Lipinski definition) is 6. The zero-order valence-corrected chi connectivity index (χ0v) is 16.6. The molecule has 11 nitrogen and oxygen atoms in total. The molecular weight excluding hydrogens is 392 g/mol. The first-order valence-corrected chi connectivity index (χ1v) is 9.44. The Morgan fingerprint density at radius 2 is 1.53 bits per heavy atom. The number of rotatable bonds is 13. The molecule has 5 amide bonds. The molecule has 1 aromatic carbocycles. The molecule has 0 bridgehead atoms. The van der Waals surface area contributed by atoms with Crippen molar-refractivity contribution < 1.29 is 24.0 Å². The quantitative estimate of drug-likeness (QED) is 0.188. The van der Waals surface area contributed by atoms with Crippen LogP contribution >= 0.6 is 0 Å². The Morgan fingerprint density at radius 3 is 2.17 bits per heavy atom. The van der Waals surface area contributed by atoms with E-state index in [0.717, 1.165) is 5.56 Å². The number of carbonyl (C=O) groups is 5. The predicted octanol–water partition coefficient (Wildman–Crippen LogP) is -2.71. The molecule has 0 heterocycles. The van der Waals surface area contributed by atoms with Gasteiger partial charge >= 0.3 is 0 Å². The average molecular weight is 420 g/mol. The molecule has 30 heavy (non-hydrogen) atoms. The first-order chi connectivity index (χ1) is 14.3. The predicted molar refractivity (Wildman–Crippen MR) is 109 cm³/mol. The minimum Gasteiger partial charge on any atom is -0.370 e. The second-order valence-electron chi connectivity index (χ2n) is 6.43. The summed E-state index contributed by atoms with van der Waals surface area (Å²) in [6, 6.07) is 8.07. The van der Waals surface area contributed by atoms with Crippen molar-refractivity contribution in [1.82, 2.24) is 21.3 Å². The lowest BCUT2D eigenvalue weighted by atomic mass is 10.1. The molecule has 0 saturated carbocycles. The maximum absolute atomic E-state index is 12.5. The van der Waals surface area contributed by atoms with Gasteiger partial charge in [0.05, 0.1) is 19.6 Å². The van der Waals surface area contributed by atoms with Crippen LogP contribution in [0, 0.1) is 0 Å². The molecule has 1 aromatic rings. The first-order valence-electron chi connectivity index (χ1n) is 9.44. The summed E-state index contributed by atoms with van der Waals surface area (Å²) in [5.41, 5.74) is 11.0. The molecule has 11 heteroatoms. The number of carbonyl (C=O) groups excluding carboxylic acids is 5. The summed E-state index contributed by atoms with van der Waals surface area (Å²) in [6.07, 6.45) is 0.748. The highest BCUT2D eigenvalue weighted by Crippen LogP contribution is 2.03. The third kappa shape index (κ3) is 10.8. The Balaban J connectivity index is 2.58. The number of nitrogens with one attached hydrogen (secondary N) is 4. The van der Waals surface area contributed by atoms with Crippen molar-refractivity contribution in [2.75, 3.05) is 26.2 Å². The number of hydrogen-bond donors (Lipinski definition) is 6. The molecule has 1 unspecified atom stereocenters. The normalized spacial score (nSPS) is 11.1. The largest absolute Gasteiger partial charge is 0.370 e. The highest BCUT2D eigenvalue weighted by molar-refractivity contribution is 5.92. The topological polar surface area (TPSA) is 186 Å². The van der Waals surface area contributed by atoms with E-state index in [1.165, 1.54) is 0 Å². The molecule has 1 atom stereocenters. The van der Waals surface area contributed by atoms with Gasteiger partial charge in [0, 0.05) is 19.4 Å². The highest BCUT2D eigenvalue weighted by atomic mass is 16.2. The molecule has 0 aliphatic carbocycles. The minimum absolute atomic E-state index is 0.151. The van der Waals surface area contributed by atoms with Crippen molar-refractivity contribution in [1.29, 1.82) is 0 Å². The summed E-state index contributed by atoms with van der Waals surface area (Å²) >= 11 is 0. The zero-order chi connectivity index (χ0) is 22.4. The van der Waals surface area contributed by atoms with Gasteiger partial charge in [0.1, 0.15) is 6.04 Å². The molecule has 0 fully saturated rings. The fraction of sp³-hybridized carbons (Fsp3) is 0.421. The van der Waals surface area contributed by atoms with Crippen LogP contribution in [0.25, 0.3) is 0 Å². The minimum atomic E-state index is -0.947. The van der Waals surface area contributed by atoms with Gasteiger partial charge < -0.3 is 32.7 Å². The smallest absolute Gasteiger partial charge is 0.243 e. The molecular formula is C19H28N6O5. The SMILES string of the molecule is NCC(=O)NCC(=O)NC(Cc1ccccc1)C(=O)NCC(=O)NCCCC(N)=O. The van der Waals surface area contributed by atoms with E-state index in [-0.39, 0.29) is 39.0 Å². The van der Waals surface area contributed by atoms with Crippen LogP contribution in [-0.4, -0.2) is 61.8 Å². The van der Waals surface area contributed by atoms with Crippen LogP contribution in [-0.2, 0) is 30.4 Å². The van der Waals surface area contributed by atoms with E-state index in [1.807, 2.05) is 6.07 Å². The molecule has 0 radical (unpaired) electrons. The number of primary amides is 1. The highest BCUT2D eigenvalue weighted by Gasteiger charge is 2.22. The van der Waals surface area contributed by atoms with Gasteiger partial charge in [-0.25, -0.2) is 0 Å². The number of benzene rings is 1. The van der Waals surface area contributed by atoms with Gasteiger partial charge in [-0.1, -0.05) is 30.3 Å². The van der Waals surface area contributed by atoms with E-state index in [0.29, 0.717) is 6.42 Å². The second-order valence-corrected chi connectivity index (χ2v) is 6.43. The van der Waals surface area contributed by atoms with Gasteiger partial charge in [-0.3, -0.25) is 24.0 Å². The molecule has 0 aliphatic rings. The van der Waals surface area contributed by atoms with Crippen molar-refractivity contribution >= 4 is 29.5 Å². The van der Waals surface area contributed by atoms with Crippen molar-refractivity contribution in [3.63, 3.8) is 0 Å². The third-order valence-electron chi connectivity index (χ3n) is 3.91. The van der Waals surface area contributed by atoms with Gasteiger partial charge in [-0.15, -0.1) is 0 Å². The van der Waals surface area contributed by atoms with Crippen molar-refractivity contribution in [2.24, 2.45) is 11.5 Å². The van der Waals surface area contributed by atoms with Gasteiger partial charge in [-0.05, 0) is 12.0 Å². The lowest BCUT2D eigenvalue weighted by Crippen LogP contribution is -2.52. The summed E-state index contributed by atoms with van der Waals surface area (Å²) in [6.45, 7) is -0.617. The fourth-order valence-corrected chi connectivity index (χ4v) is 2.40. The number of nitrogens with two attached hydrogens (primary N) is 2. The van der Waals surface area contributed by atoms with Crippen LogP contribution < -0.4 is 32.7 Å². The summed E-state index contributed by atoms with van der Waals surface area (Å²) in [7, 11) is 0. The molecule has 1 rings (SSSR count). The van der Waals surface area contributed by atoms with Crippen LogP contribution in [0.15, 0.2) is 30.3 Å². The lowest BCUT2D eigenvalue weighted by Gasteiger charge is -2.19. The van der Waals surface area contributed by atoms with Crippen molar-refractivity contribution in [3.05, 3.63) is 35.9 Å². The molecule has 0 saturated heterocycles. The van der Waals surface area contributed by atoms with E-state index < -0.39 is 35.6 Å². The third-order valence-corrected chi connectivity index (χ3v) is 3.91. The van der Waals surface area contributed by atoms with Gasteiger partial charge in [-0.2, -0.15) is 0 Å². The van der Waals surface area contributed by atoms with Gasteiger partial charge in [0.15, 0.2) is 0 Å². The molecule has 8 N–H and O–H groups in total. The van der Waals surface area contributed by atoms with Crippen LogP contribution in [0.3, 0.4) is 0 Å². The van der Waals surface area contributed by atoms with Gasteiger partial charge in [0.2, 0.25) is 29.5 Å². The molecule has 0 spiro atoms. The van der Waals surface area contributed by atoms with Crippen LogP contribution in [0.2, 0.25) is 0 Å². The summed E-state index contributed by atoms with van der Waals surface area (Å²) < 4.78 is 0. The van der Waals surface area contributed by atoms with Crippen LogP contribution in [0.1, 0.15) is 18.4 Å². The Bertz CT molecular complexity index is 740. The van der Waals surface area contributed by atoms with E-state index in [4.69, 9.17) is 11.5 Å². The average Bonchev–Trinajstić information content (AvgIpc) is 2.73. The molecule has 164 valence electrons. The maximum atomic E-state index is 12.5. The summed E-state index contributed by atoms with van der Waals surface area (Å²) in [5, 5.41) is 9.89. The monoisotopic (exact) mass is 420 g/mol. The Hall–Kier alpha value is -3.47. The zero-order valence-electron chi connectivity index (χ0n) is 16.6. The lowest BCUT2D eigenvalue weighted by molar-refractivity contribution is -0.130. The van der Waals surface area contributed by atoms with E-state index >= 15 is 0 Å². The van der Waals surface area contributed by atoms with E-state index in [9.17, 15) is 24.0 Å². The fourth-order valence-electron chi connectivity index (χ4n) is 2.40. The van der Waals surface area contributed by atoms with E-state index in [1.54, 1.807) is 24.3 Å². The Kier molecular flexibility index (Phi) is 11.2. The standard InChI is InChI=1S/C19H28N6O5/c20-10-16(27)23-12-18(29)25-14(9-13-5-2-1-3-6-13)19(30)24-11-17(28)22-8-4-7-15(21)26/h1-3,5-6,14H,4,7-12,20H2,(H2,21,26)(H,22,28)(H,23,27)(H,24,30)(H,25,29). The summed E-state index contributed by atoms with van der Waals surface area (Å²) in [5.74, 6) is -2.51.